The van der Waals surface area contributed by atoms with Crippen molar-refractivity contribution in [3.05, 3.63) is 18.2 Å². The number of anilines is 1. The second-order valence-corrected chi connectivity index (χ2v) is 4.68. The molecule has 1 heterocycles. The van der Waals surface area contributed by atoms with Crippen LogP contribution in [0.5, 0.6) is 0 Å². The molecule has 0 aliphatic rings. The highest BCUT2D eigenvalue weighted by atomic mass is 15.3. The first-order valence-corrected chi connectivity index (χ1v) is 6.91. The predicted octanol–water partition coefficient (Wildman–Crippen LogP) is 3.36. The summed E-state index contributed by atoms with van der Waals surface area (Å²) in [6.07, 6.45) is 4.88. The van der Waals surface area contributed by atoms with Crippen LogP contribution in [0.4, 0.5) is 5.69 Å². The maximum atomic E-state index is 4.21. The monoisotopic (exact) mass is 246 g/mol. The zero-order valence-corrected chi connectivity index (χ0v) is 11.3. The van der Waals surface area contributed by atoms with Gasteiger partial charge in [-0.3, -0.25) is 5.10 Å². The Morgan fingerprint density at radius 2 is 1.83 bits per heavy atom. The van der Waals surface area contributed by atoms with Crippen LogP contribution in [-0.4, -0.2) is 28.5 Å². The van der Waals surface area contributed by atoms with Crippen LogP contribution in [-0.2, 0) is 0 Å². The lowest BCUT2D eigenvalue weighted by atomic mass is 10.2. The molecule has 0 bridgehead atoms. The number of aromatic nitrogens is 3. The van der Waals surface area contributed by atoms with Gasteiger partial charge >= 0.3 is 0 Å². The molecule has 0 saturated heterocycles. The van der Waals surface area contributed by atoms with E-state index in [9.17, 15) is 0 Å². The van der Waals surface area contributed by atoms with E-state index in [-0.39, 0.29) is 0 Å². The minimum atomic E-state index is 0.990. The molecule has 1 aromatic carbocycles. The van der Waals surface area contributed by atoms with Gasteiger partial charge in [0.15, 0.2) is 0 Å². The standard InChI is InChI=1S/C14H22N4/c1-3-5-10-18(11-6-4-2)13-9-7-8-12-14(13)16-17-15-12/h7-9H,3-6,10-11H2,1-2H3,(H,15,16,17). The van der Waals surface area contributed by atoms with Gasteiger partial charge in [-0.15, -0.1) is 5.10 Å². The molecule has 0 fully saturated rings. The number of fused-ring (bicyclic) bond motifs is 1. The van der Waals surface area contributed by atoms with E-state index < -0.39 is 0 Å². The summed E-state index contributed by atoms with van der Waals surface area (Å²) < 4.78 is 0. The fourth-order valence-electron chi connectivity index (χ4n) is 2.16. The molecule has 0 aliphatic heterocycles. The van der Waals surface area contributed by atoms with Gasteiger partial charge in [-0.1, -0.05) is 38.0 Å². The van der Waals surface area contributed by atoms with Crippen molar-refractivity contribution >= 4 is 16.7 Å². The fraction of sp³-hybridized carbons (Fsp3) is 0.571. The second kappa shape index (κ2) is 6.38. The number of H-pyrrole nitrogens is 1. The Labute approximate surface area is 108 Å². The first-order chi connectivity index (χ1) is 8.86. The average Bonchev–Trinajstić information content (AvgIpc) is 2.87. The SMILES string of the molecule is CCCCN(CCCC)c1cccc2[nH]nnc12. The highest BCUT2D eigenvalue weighted by Crippen LogP contribution is 2.24. The van der Waals surface area contributed by atoms with Crippen LogP contribution >= 0.6 is 0 Å². The summed E-state index contributed by atoms with van der Waals surface area (Å²) in [5, 5.41) is 11.1. The molecule has 2 rings (SSSR count). The number of hydrogen-bond donors (Lipinski definition) is 1. The summed E-state index contributed by atoms with van der Waals surface area (Å²) in [6.45, 7) is 6.66. The predicted molar refractivity (Wildman–Crippen MR) is 75.9 cm³/mol. The maximum absolute atomic E-state index is 4.21. The molecule has 18 heavy (non-hydrogen) atoms. The van der Waals surface area contributed by atoms with E-state index in [1.807, 2.05) is 6.07 Å². The Morgan fingerprint density at radius 1 is 1.11 bits per heavy atom. The van der Waals surface area contributed by atoms with Gasteiger partial charge in [-0.2, -0.15) is 0 Å². The van der Waals surface area contributed by atoms with Crippen molar-refractivity contribution in [2.45, 2.75) is 39.5 Å². The van der Waals surface area contributed by atoms with Gasteiger partial charge in [0.1, 0.15) is 5.52 Å². The molecule has 0 saturated carbocycles. The van der Waals surface area contributed by atoms with Gasteiger partial charge in [-0.25, -0.2) is 0 Å². The van der Waals surface area contributed by atoms with Crippen LogP contribution in [0.2, 0.25) is 0 Å². The number of nitrogens with one attached hydrogen (secondary N) is 1. The van der Waals surface area contributed by atoms with Crippen molar-refractivity contribution in [1.82, 2.24) is 15.4 Å². The lowest BCUT2D eigenvalue weighted by Gasteiger charge is -2.24. The Bertz CT molecular complexity index is 469. The average molecular weight is 246 g/mol. The fourth-order valence-corrected chi connectivity index (χ4v) is 2.16. The van der Waals surface area contributed by atoms with E-state index in [2.05, 4.69) is 46.3 Å². The van der Waals surface area contributed by atoms with Gasteiger partial charge < -0.3 is 4.90 Å². The van der Waals surface area contributed by atoms with E-state index in [0.717, 1.165) is 24.1 Å². The molecular weight excluding hydrogens is 224 g/mol. The highest BCUT2D eigenvalue weighted by Gasteiger charge is 2.11. The molecule has 0 spiro atoms. The summed E-state index contributed by atoms with van der Waals surface area (Å²) in [5.74, 6) is 0. The number of benzene rings is 1. The van der Waals surface area contributed by atoms with Crippen LogP contribution in [0.15, 0.2) is 18.2 Å². The molecule has 0 unspecified atom stereocenters. The van der Waals surface area contributed by atoms with Crippen LogP contribution in [0.1, 0.15) is 39.5 Å². The lowest BCUT2D eigenvalue weighted by Crippen LogP contribution is -2.25. The normalized spacial score (nSPS) is 11.0. The zero-order valence-electron chi connectivity index (χ0n) is 11.3. The zero-order chi connectivity index (χ0) is 12.8. The lowest BCUT2D eigenvalue weighted by molar-refractivity contribution is 0.679. The number of hydrogen-bond acceptors (Lipinski definition) is 3. The topological polar surface area (TPSA) is 44.8 Å². The second-order valence-electron chi connectivity index (χ2n) is 4.68. The summed E-state index contributed by atoms with van der Waals surface area (Å²) in [4.78, 5) is 2.44. The molecule has 1 aromatic heterocycles. The third kappa shape index (κ3) is 2.81. The molecular formula is C14H22N4. The molecule has 1 N–H and O–H groups in total. The number of nitrogens with zero attached hydrogens (tertiary/aromatic N) is 3. The molecule has 4 nitrogen and oxygen atoms in total. The molecule has 4 heteroatoms. The third-order valence-corrected chi connectivity index (χ3v) is 3.24. The van der Waals surface area contributed by atoms with Crippen LogP contribution < -0.4 is 4.90 Å². The molecule has 0 radical (unpaired) electrons. The summed E-state index contributed by atoms with van der Waals surface area (Å²) in [6, 6.07) is 6.25. The van der Waals surface area contributed by atoms with Crippen molar-refractivity contribution in [1.29, 1.82) is 0 Å². The highest BCUT2D eigenvalue weighted by molar-refractivity contribution is 5.87. The van der Waals surface area contributed by atoms with E-state index in [1.54, 1.807) is 0 Å². The van der Waals surface area contributed by atoms with Crippen LogP contribution in [0.3, 0.4) is 0 Å². The van der Waals surface area contributed by atoms with Crippen molar-refractivity contribution < 1.29 is 0 Å². The third-order valence-electron chi connectivity index (χ3n) is 3.24. The summed E-state index contributed by atoms with van der Waals surface area (Å²) in [5.41, 5.74) is 3.22. The van der Waals surface area contributed by atoms with E-state index in [0.29, 0.717) is 0 Å². The van der Waals surface area contributed by atoms with Crippen LogP contribution in [0, 0.1) is 0 Å². The number of rotatable bonds is 7. The van der Waals surface area contributed by atoms with Gasteiger partial charge in [0.2, 0.25) is 0 Å². The first-order valence-electron chi connectivity index (χ1n) is 6.91. The Hall–Kier alpha value is -1.58. The quantitative estimate of drug-likeness (QED) is 0.814. The molecule has 0 atom stereocenters. The van der Waals surface area contributed by atoms with Gasteiger partial charge in [-0.05, 0) is 25.0 Å². The largest absolute Gasteiger partial charge is 0.370 e. The Balaban J connectivity index is 2.24. The number of unbranched alkanes of at least 4 members (excludes halogenated alkanes) is 2. The van der Waals surface area contributed by atoms with Crippen molar-refractivity contribution in [2.24, 2.45) is 0 Å². The van der Waals surface area contributed by atoms with Crippen molar-refractivity contribution in [3.8, 4) is 0 Å². The van der Waals surface area contributed by atoms with Crippen LogP contribution in [0.25, 0.3) is 11.0 Å². The first kappa shape index (κ1) is 12.9. The smallest absolute Gasteiger partial charge is 0.136 e. The van der Waals surface area contributed by atoms with Crippen molar-refractivity contribution in [3.63, 3.8) is 0 Å². The minimum absolute atomic E-state index is 0.990. The summed E-state index contributed by atoms with van der Waals surface area (Å²) in [7, 11) is 0. The Kier molecular flexibility index (Phi) is 4.56. The van der Waals surface area contributed by atoms with E-state index in [4.69, 9.17) is 0 Å². The summed E-state index contributed by atoms with van der Waals surface area (Å²) >= 11 is 0. The number of aromatic amines is 1. The van der Waals surface area contributed by atoms with Crippen molar-refractivity contribution in [2.75, 3.05) is 18.0 Å². The Morgan fingerprint density at radius 3 is 2.50 bits per heavy atom. The maximum Gasteiger partial charge on any atom is 0.136 e. The van der Waals surface area contributed by atoms with Gasteiger partial charge in [0.05, 0.1) is 11.2 Å². The minimum Gasteiger partial charge on any atom is -0.370 e. The van der Waals surface area contributed by atoms with E-state index in [1.165, 1.54) is 31.4 Å². The molecule has 0 aliphatic carbocycles. The van der Waals surface area contributed by atoms with Gasteiger partial charge in [0.25, 0.3) is 0 Å². The molecule has 2 aromatic rings. The van der Waals surface area contributed by atoms with Gasteiger partial charge in [0, 0.05) is 13.1 Å². The molecule has 98 valence electrons. The molecule has 0 amide bonds. The van der Waals surface area contributed by atoms with E-state index >= 15 is 0 Å².